The van der Waals surface area contributed by atoms with Crippen molar-refractivity contribution in [1.82, 2.24) is 5.32 Å². The van der Waals surface area contributed by atoms with E-state index in [1.807, 2.05) is 25.1 Å². The SMILES string of the molecule is CCCC(C)(N)C(=O)NCCSc1ccccc1.Cl. The summed E-state index contributed by atoms with van der Waals surface area (Å²) in [7, 11) is 0. The third-order valence-corrected chi connectivity index (χ3v) is 3.70. The Hall–Kier alpha value is -0.710. The van der Waals surface area contributed by atoms with Crippen molar-refractivity contribution in [3.8, 4) is 0 Å². The van der Waals surface area contributed by atoms with Gasteiger partial charge in [0, 0.05) is 17.2 Å². The van der Waals surface area contributed by atoms with Crippen LogP contribution in [0.4, 0.5) is 0 Å². The average Bonchev–Trinajstić information content (AvgIpc) is 2.35. The van der Waals surface area contributed by atoms with Crippen molar-refractivity contribution in [3.63, 3.8) is 0 Å². The lowest BCUT2D eigenvalue weighted by Crippen LogP contribution is -2.51. The molecule has 0 fully saturated rings. The number of nitrogens with one attached hydrogen (secondary N) is 1. The van der Waals surface area contributed by atoms with Crippen molar-refractivity contribution in [2.24, 2.45) is 5.73 Å². The molecular weight excluding hydrogens is 280 g/mol. The smallest absolute Gasteiger partial charge is 0.239 e. The Morgan fingerprint density at radius 3 is 2.58 bits per heavy atom. The third-order valence-electron chi connectivity index (χ3n) is 2.69. The van der Waals surface area contributed by atoms with Crippen molar-refractivity contribution in [2.45, 2.75) is 37.1 Å². The Kier molecular flexibility index (Phi) is 8.89. The number of carbonyl (C=O) groups is 1. The van der Waals surface area contributed by atoms with Crippen LogP contribution in [0.1, 0.15) is 26.7 Å². The van der Waals surface area contributed by atoms with E-state index in [1.165, 1.54) is 4.90 Å². The molecule has 0 bridgehead atoms. The first-order valence-electron chi connectivity index (χ1n) is 6.31. The van der Waals surface area contributed by atoms with Gasteiger partial charge in [0.15, 0.2) is 0 Å². The van der Waals surface area contributed by atoms with Gasteiger partial charge in [0.25, 0.3) is 0 Å². The molecule has 1 atom stereocenters. The number of hydrogen-bond acceptors (Lipinski definition) is 3. The molecule has 3 nitrogen and oxygen atoms in total. The normalized spacial score (nSPS) is 13.2. The predicted molar refractivity (Wildman–Crippen MR) is 84.9 cm³/mol. The highest BCUT2D eigenvalue weighted by atomic mass is 35.5. The molecule has 108 valence electrons. The largest absolute Gasteiger partial charge is 0.354 e. The number of amides is 1. The van der Waals surface area contributed by atoms with E-state index in [1.54, 1.807) is 18.7 Å². The maximum atomic E-state index is 11.8. The molecule has 0 spiro atoms. The molecule has 0 radical (unpaired) electrons. The zero-order valence-electron chi connectivity index (χ0n) is 11.5. The summed E-state index contributed by atoms with van der Waals surface area (Å²) in [6, 6.07) is 10.2. The Morgan fingerprint density at radius 2 is 2.00 bits per heavy atom. The van der Waals surface area contributed by atoms with E-state index in [9.17, 15) is 4.79 Å². The van der Waals surface area contributed by atoms with Crippen molar-refractivity contribution in [1.29, 1.82) is 0 Å². The Balaban J connectivity index is 0.00000324. The van der Waals surface area contributed by atoms with Gasteiger partial charge in [-0.05, 0) is 25.5 Å². The topological polar surface area (TPSA) is 55.1 Å². The summed E-state index contributed by atoms with van der Waals surface area (Å²) < 4.78 is 0. The quantitative estimate of drug-likeness (QED) is 0.601. The summed E-state index contributed by atoms with van der Waals surface area (Å²) in [5.41, 5.74) is 5.20. The zero-order valence-corrected chi connectivity index (χ0v) is 13.2. The average molecular weight is 303 g/mol. The van der Waals surface area contributed by atoms with E-state index < -0.39 is 5.54 Å². The number of carbonyl (C=O) groups excluding carboxylic acids is 1. The van der Waals surface area contributed by atoms with Crippen molar-refractivity contribution >= 4 is 30.1 Å². The van der Waals surface area contributed by atoms with Gasteiger partial charge in [0.1, 0.15) is 0 Å². The number of halogens is 1. The number of nitrogens with two attached hydrogens (primary N) is 1. The fraction of sp³-hybridized carbons (Fsp3) is 0.500. The van der Waals surface area contributed by atoms with E-state index >= 15 is 0 Å². The van der Waals surface area contributed by atoms with E-state index in [2.05, 4.69) is 17.4 Å². The van der Waals surface area contributed by atoms with E-state index in [-0.39, 0.29) is 18.3 Å². The molecule has 0 heterocycles. The molecule has 19 heavy (non-hydrogen) atoms. The molecule has 1 aromatic carbocycles. The van der Waals surface area contributed by atoms with Gasteiger partial charge in [-0.15, -0.1) is 24.2 Å². The van der Waals surface area contributed by atoms with Gasteiger partial charge in [-0.2, -0.15) is 0 Å². The number of thioether (sulfide) groups is 1. The zero-order chi connectivity index (χ0) is 13.4. The van der Waals surface area contributed by atoms with E-state index in [0.29, 0.717) is 13.0 Å². The molecule has 1 amide bonds. The summed E-state index contributed by atoms with van der Waals surface area (Å²) in [6.45, 7) is 4.47. The molecule has 0 aliphatic rings. The monoisotopic (exact) mass is 302 g/mol. The lowest BCUT2D eigenvalue weighted by molar-refractivity contribution is -0.125. The van der Waals surface area contributed by atoms with Crippen LogP contribution in [0.2, 0.25) is 0 Å². The molecule has 3 N–H and O–H groups in total. The lowest BCUT2D eigenvalue weighted by Gasteiger charge is -2.22. The van der Waals surface area contributed by atoms with Gasteiger partial charge in [-0.3, -0.25) is 4.79 Å². The molecule has 0 aromatic heterocycles. The number of hydrogen-bond donors (Lipinski definition) is 2. The second-order valence-electron chi connectivity index (χ2n) is 4.58. The molecule has 1 aromatic rings. The molecule has 0 aliphatic carbocycles. The van der Waals surface area contributed by atoms with Crippen molar-refractivity contribution < 1.29 is 4.79 Å². The fourth-order valence-corrected chi connectivity index (χ4v) is 2.47. The van der Waals surface area contributed by atoms with Crippen LogP contribution in [0.15, 0.2) is 35.2 Å². The molecule has 0 saturated carbocycles. The summed E-state index contributed by atoms with van der Waals surface area (Å²) in [5, 5.41) is 2.89. The maximum Gasteiger partial charge on any atom is 0.239 e. The summed E-state index contributed by atoms with van der Waals surface area (Å²) >= 11 is 1.73. The fourth-order valence-electron chi connectivity index (χ4n) is 1.68. The van der Waals surface area contributed by atoms with Gasteiger partial charge < -0.3 is 11.1 Å². The first-order valence-corrected chi connectivity index (χ1v) is 7.30. The molecule has 0 aliphatic heterocycles. The minimum Gasteiger partial charge on any atom is -0.354 e. The summed E-state index contributed by atoms with van der Waals surface area (Å²) in [4.78, 5) is 13.0. The van der Waals surface area contributed by atoms with Crippen LogP contribution >= 0.6 is 24.2 Å². The second-order valence-corrected chi connectivity index (χ2v) is 5.75. The highest BCUT2D eigenvalue weighted by molar-refractivity contribution is 7.99. The highest BCUT2D eigenvalue weighted by Crippen LogP contribution is 2.16. The van der Waals surface area contributed by atoms with Gasteiger partial charge >= 0.3 is 0 Å². The molecule has 0 saturated heterocycles. The van der Waals surface area contributed by atoms with Crippen LogP contribution in [0.3, 0.4) is 0 Å². The third kappa shape index (κ3) is 6.85. The predicted octanol–water partition coefficient (Wildman–Crippen LogP) is 2.83. The summed E-state index contributed by atoms with van der Waals surface area (Å²) in [6.07, 6.45) is 1.63. The first-order chi connectivity index (χ1) is 8.56. The minimum atomic E-state index is -0.744. The maximum absolute atomic E-state index is 11.8. The number of benzene rings is 1. The van der Waals surface area contributed by atoms with Crippen LogP contribution < -0.4 is 11.1 Å². The summed E-state index contributed by atoms with van der Waals surface area (Å²) in [5.74, 6) is 0.802. The van der Waals surface area contributed by atoms with Crippen LogP contribution in [0.25, 0.3) is 0 Å². The van der Waals surface area contributed by atoms with Gasteiger partial charge in [-0.25, -0.2) is 0 Å². The molecule has 1 rings (SSSR count). The van der Waals surface area contributed by atoms with Crippen molar-refractivity contribution in [2.75, 3.05) is 12.3 Å². The Labute approximate surface area is 126 Å². The second kappa shape index (κ2) is 9.23. The molecular formula is C14H23ClN2OS. The first kappa shape index (κ1) is 18.3. The van der Waals surface area contributed by atoms with E-state index in [0.717, 1.165) is 12.2 Å². The van der Waals surface area contributed by atoms with Crippen LogP contribution in [0.5, 0.6) is 0 Å². The number of rotatable bonds is 7. The molecule has 5 heteroatoms. The van der Waals surface area contributed by atoms with Crippen molar-refractivity contribution in [3.05, 3.63) is 30.3 Å². The van der Waals surface area contributed by atoms with Crippen LogP contribution in [0, 0.1) is 0 Å². The van der Waals surface area contributed by atoms with Gasteiger partial charge in [0.05, 0.1) is 5.54 Å². The Morgan fingerprint density at radius 1 is 1.37 bits per heavy atom. The van der Waals surface area contributed by atoms with Crippen LogP contribution in [-0.4, -0.2) is 23.7 Å². The van der Waals surface area contributed by atoms with Gasteiger partial charge in [-0.1, -0.05) is 31.5 Å². The highest BCUT2D eigenvalue weighted by Gasteiger charge is 2.26. The molecule has 1 unspecified atom stereocenters. The minimum absolute atomic E-state index is 0. The van der Waals surface area contributed by atoms with Crippen LogP contribution in [-0.2, 0) is 4.79 Å². The lowest BCUT2D eigenvalue weighted by atomic mass is 9.97. The van der Waals surface area contributed by atoms with E-state index in [4.69, 9.17) is 5.73 Å². The standard InChI is InChI=1S/C14H22N2OS.ClH/c1-3-9-14(2,15)13(17)16-10-11-18-12-7-5-4-6-8-12;/h4-8H,3,9-11,15H2,1-2H3,(H,16,17);1H. The van der Waals surface area contributed by atoms with Gasteiger partial charge in [0.2, 0.25) is 5.91 Å². The Bertz CT molecular complexity index is 371.